The van der Waals surface area contributed by atoms with Crippen LogP contribution in [0.25, 0.3) is 0 Å². The highest BCUT2D eigenvalue weighted by atomic mass is 19.1. The van der Waals surface area contributed by atoms with Crippen LogP contribution in [-0.4, -0.2) is 30.4 Å². The molecule has 0 saturated heterocycles. The van der Waals surface area contributed by atoms with Crippen LogP contribution in [0.15, 0.2) is 18.2 Å². The number of amides is 1. The third-order valence-corrected chi connectivity index (χ3v) is 3.33. The first kappa shape index (κ1) is 17.2. The molecule has 1 amide bonds. The van der Waals surface area contributed by atoms with E-state index in [0.717, 1.165) is 6.42 Å². The largest absolute Gasteiger partial charge is 0.339 e. The molecule has 1 unspecified atom stereocenters. The van der Waals surface area contributed by atoms with Crippen LogP contribution in [-0.2, 0) is 0 Å². The van der Waals surface area contributed by atoms with Crippen molar-refractivity contribution in [3.8, 4) is 11.8 Å². The molecule has 114 valence electrons. The minimum atomic E-state index is -0.549. The van der Waals surface area contributed by atoms with Gasteiger partial charge in [0.25, 0.3) is 5.91 Å². The second-order valence-electron chi connectivity index (χ2n) is 5.60. The average molecular weight is 290 g/mol. The van der Waals surface area contributed by atoms with E-state index in [1.165, 1.54) is 12.1 Å². The highest BCUT2D eigenvalue weighted by molar-refractivity contribution is 5.94. The van der Waals surface area contributed by atoms with Crippen molar-refractivity contribution in [2.24, 2.45) is 11.7 Å². The van der Waals surface area contributed by atoms with E-state index in [-0.39, 0.29) is 24.1 Å². The number of nitrogens with zero attached hydrogens (tertiary/aromatic N) is 1. The van der Waals surface area contributed by atoms with E-state index in [0.29, 0.717) is 11.5 Å². The molecule has 0 aliphatic heterocycles. The molecule has 0 aliphatic rings. The Labute approximate surface area is 126 Å². The van der Waals surface area contributed by atoms with Crippen molar-refractivity contribution in [3.05, 3.63) is 35.1 Å². The van der Waals surface area contributed by atoms with Crippen LogP contribution < -0.4 is 5.73 Å². The van der Waals surface area contributed by atoms with Crippen LogP contribution in [0, 0.1) is 23.6 Å². The normalized spacial score (nSPS) is 11.8. The van der Waals surface area contributed by atoms with Gasteiger partial charge in [-0.2, -0.15) is 0 Å². The molecule has 1 atom stereocenters. The molecule has 0 fully saturated rings. The van der Waals surface area contributed by atoms with Crippen LogP contribution in [0.5, 0.6) is 0 Å². The highest BCUT2D eigenvalue weighted by Gasteiger charge is 2.21. The van der Waals surface area contributed by atoms with Crippen molar-refractivity contribution in [2.75, 3.05) is 13.6 Å². The molecule has 1 aromatic carbocycles. The van der Waals surface area contributed by atoms with E-state index in [9.17, 15) is 9.18 Å². The maximum absolute atomic E-state index is 14.1. The molecule has 4 heteroatoms. The molecule has 0 radical (unpaired) electrons. The van der Waals surface area contributed by atoms with Gasteiger partial charge in [0.15, 0.2) is 0 Å². The third kappa shape index (κ3) is 4.87. The molecule has 0 bridgehead atoms. The number of rotatable bonds is 4. The van der Waals surface area contributed by atoms with Crippen molar-refractivity contribution in [3.63, 3.8) is 0 Å². The Morgan fingerprint density at radius 3 is 2.57 bits per heavy atom. The standard InChI is InChI=1S/C17H23FN2O/c1-12(2)10-13(3)20(4)17(21)15-8-7-14(6-5-9-19)11-16(15)18/h7-8,11-13H,9-10,19H2,1-4H3. The van der Waals surface area contributed by atoms with Gasteiger partial charge in [-0.15, -0.1) is 0 Å². The summed E-state index contributed by atoms with van der Waals surface area (Å²) in [5.74, 6) is 5.03. The molecule has 2 N–H and O–H groups in total. The predicted molar refractivity (Wildman–Crippen MR) is 83.3 cm³/mol. The maximum atomic E-state index is 14.1. The number of nitrogens with two attached hydrogens (primary N) is 1. The van der Waals surface area contributed by atoms with E-state index in [2.05, 4.69) is 25.7 Å². The van der Waals surface area contributed by atoms with E-state index >= 15 is 0 Å². The molecule has 1 rings (SSSR count). The van der Waals surface area contributed by atoms with Gasteiger partial charge in [0, 0.05) is 18.7 Å². The molecular formula is C17H23FN2O. The zero-order valence-corrected chi connectivity index (χ0v) is 13.1. The molecule has 0 saturated carbocycles. The summed E-state index contributed by atoms with van der Waals surface area (Å²) in [5, 5.41) is 0. The molecule has 0 heterocycles. The van der Waals surface area contributed by atoms with Crippen molar-refractivity contribution < 1.29 is 9.18 Å². The number of hydrogen-bond acceptors (Lipinski definition) is 2. The number of halogens is 1. The van der Waals surface area contributed by atoms with Gasteiger partial charge in [-0.05, 0) is 37.5 Å². The molecule has 1 aromatic rings. The lowest BCUT2D eigenvalue weighted by molar-refractivity contribution is 0.0723. The van der Waals surface area contributed by atoms with Gasteiger partial charge in [0.05, 0.1) is 12.1 Å². The van der Waals surface area contributed by atoms with Gasteiger partial charge >= 0.3 is 0 Å². The van der Waals surface area contributed by atoms with Crippen molar-refractivity contribution in [1.29, 1.82) is 0 Å². The Balaban J connectivity index is 2.92. The Kier molecular flexibility index (Phi) is 6.39. The van der Waals surface area contributed by atoms with E-state index in [1.54, 1.807) is 18.0 Å². The fourth-order valence-electron chi connectivity index (χ4n) is 2.15. The first-order valence-corrected chi connectivity index (χ1v) is 7.12. The fraction of sp³-hybridized carbons (Fsp3) is 0.471. The van der Waals surface area contributed by atoms with Gasteiger partial charge in [-0.3, -0.25) is 4.79 Å². The highest BCUT2D eigenvalue weighted by Crippen LogP contribution is 2.16. The molecular weight excluding hydrogens is 267 g/mol. The van der Waals surface area contributed by atoms with Crippen molar-refractivity contribution in [1.82, 2.24) is 4.90 Å². The lowest BCUT2D eigenvalue weighted by Crippen LogP contribution is -2.36. The minimum Gasteiger partial charge on any atom is -0.339 e. The summed E-state index contributed by atoms with van der Waals surface area (Å²) in [6.07, 6.45) is 0.879. The molecule has 0 aliphatic carbocycles. The Morgan fingerprint density at radius 1 is 1.38 bits per heavy atom. The second-order valence-corrected chi connectivity index (χ2v) is 5.60. The summed E-state index contributed by atoms with van der Waals surface area (Å²) in [6, 6.07) is 4.46. The smallest absolute Gasteiger partial charge is 0.256 e. The summed E-state index contributed by atoms with van der Waals surface area (Å²) >= 11 is 0. The summed E-state index contributed by atoms with van der Waals surface area (Å²) in [5.41, 5.74) is 5.87. The van der Waals surface area contributed by atoms with E-state index < -0.39 is 5.82 Å². The Hall–Kier alpha value is -1.86. The topological polar surface area (TPSA) is 46.3 Å². The number of carbonyl (C=O) groups is 1. The zero-order valence-electron chi connectivity index (χ0n) is 13.1. The van der Waals surface area contributed by atoms with Gasteiger partial charge in [-0.1, -0.05) is 25.7 Å². The molecule has 3 nitrogen and oxygen atoms in total. The van der Waals surface area contributed by atoms with Crippen LogP contribution in [0.1, 0.15) is 43.1 Å². The molecule has 0 aromatic heterocycles. The zero-order chi connectivity index (χ0) is 16.0. The quantitative estimate of drug-likeness (QED) is 0.867. The summed E-state index contributed by atoms with van der Waals surface area (Å²) in [6.45, 7) is 6.38. The lowest BCUT2D eigenvalue weighted by atomic mass is 10.0. The third-order valence-electron chi connectivity index (χ3n) is 3.33. The number of carbonyl (C=O) groups excluding carboxylic acids is 1. The van der Waals surface area contributed by atoms with Crippen LogP contribution in [0.2, 0.25) is 0 Å². The van der Waals surface area contributed by atoms with Gasteiger partial charge in [-0.25, -0.2) is 4.39 Å². The van der Waals surface area contributed by atoms with Crippen LogP contribution >= 0.6 is 0 Å². The van der Waals surface area contributed by atoms with Crippen LogP contribution in [0.3, 0.4) is 0 Å². The van der Waals surface area contributed by atoms with Crippen molar-refractivity contribution in [2.45, 2.75) is 33.2 Å². The van der Waals surface area contributed by atoms with E-state index in [1.807, 2.05) is 6.92 Å². The number of hydrogen-bond donors (Lipinski definition) is 1. The molecule has 21 heavy (non-hydrogen) atoms. The van der Waals surface area contributed by atoms with Gasteiger partial charge in [0.2, 0.25) is 0 Å². The van der Waals surface area contributed by atoms with Gasteiger partial charge in [0.1, 0.15) is 5.82 Å². The summed E-state index contributed by atoms with van der Waals surface area (Å²) < 4.78 is 14.1. The van der Waals surface area contributed by atoms with Crippen molar-refractivity contribution >= 4 is 5.91 Å². The Morgan fingerprint density at radius 2 is 2.05 bits per heavy atom. The number of benzene rings is 1. The minimum absolute atomic E-state index is 0.0635. The predicted octanol–water partition coefficient (Wildman–Crippen LogP) is 2.64. The summed E-state index contributed by atoms with van der Waals surface area (Å²) in [4.78, 5) is 13.9. The molecule has 0 spiro atoms. The average Bonchev–Trinajstić information content (AvgIpc) is 2.42. The maximum Gasteiger partial charge on any atom is 0.256 e. The Bertz CT molecular complexity index is 558. The summed E-state index contributed by atoms with van der Waals surface area (Å²) in [7, 11) is 1.71. The van der Waals surface area contributed by atoms with E-state index in [4.69, 9.17) is 5.73 Å². The second kappa shape index (κ2) is 7.80. The first-order valence-electron chi connectivity index (χ1n) is 7.12. The van der Waals surface area contributed by atoms with Crippen LogP contribution in [0.4, 0.5) is 4.39 Å². The SMILES string of the molecule is CC(C)CC(C)N(C)C(=O)c1ccc(C#CCN)cc1F. The lowest BCUT2D eigenvalue weighted by Gasteiger charge is -2.26. The first-order chi connectivity index (χ1) is 9.86. The monoisotopic (exact) mass is 290 g/mol. The fourth-order valence-corrected chi connectivity index (χ4v) is 2.15. The van der Waals surface area contributed by atoms with Gasteiger partial charge < -0.3 is 10.6 Å².